The summed E-state index contributed by atoms with van der Waals surface area (Å²) in [6.45, 7) is 0. The van der Waals surface area contributed by atoms with Gasteiger partial charge in [-0.15, -0.1) is 0 Å². The summed E-state index contributed by atoms with van der Waals surface area (Å²) >= 11 is 0. The van der Waals surface area contributed by atoms with Crippen molar-refractivity contribution in [3.63, 3.8) is 0 Å². The molecule has 24 heavy (non-hydrogen) atoms. The van der Waals surface area contributed by atoms with Crippen LogP contribution in [0.1, 0.15) is 12.0 Å². The maximum atomic E-state index is 12.5. The van der Waals surface area contributed by atoms with Gasteiger partial charge in [-0.3, -0.25) is 4.79 Å². The van der Waals surface area contributed by atoms with Crippen molar-refractivity contribution >= 4 is 11.6 Å². The fourth-order valence-electron chi connectivity index (χ4n) is 2.54. The Morgan fingerprint density at radius 1 is 0.958 bits per heavy atom. The van der Waals surface area contributed by atoms with E-state index >= 15 is 0 Å². The van der Waals surface area contributed by atoms with Crippen LogP contribution in [0.5, 0.6) is 17.2 Å². The van der Waals surface area contributed by atoms with Gasteiger partial charge in [0, 0.05) is 30.8 Å². The maximum Gasteiger partial charge on any atom is 0.227 e. The second-order valence-corrected chi connectivity index (χ2v) is 5.30. The van der Waals surface area contributed by atoms with Crippen LogP contribution < -0.4 is 19.1 Å². The molecule has 0 heterocycles. The summed E-state index contributed by atoms with van der Waals surface area (Å²) in [5, 5.41) is 0. The van der Waals surface area contributed by atoms with Crippen LogP contribution >= 0.6 is 0 Å². The van der Waals surface area contributed by atoms with E-state index in [4.69, 9.17) is 14.2 Å². The number of carbonyl (C=O) groups excluding carboxylic acids is 1. The first-order valence-corrected chi connectivity index (χ1v) is 7.71. The molecule has 0 saturated carbocycles. The van der Waals surface area contributed by atoms with E-state index in [1.165, 1.54) is 0 Å². The summed E-state index contributed by atoms with van der Waals surface area (Å²) in [4.78, 5) is 14.1. The summed E-state index contributed by atoms with van der Waals surface area (Å²) in [7, 11) is 6.59. The van der Waals surface area contributed by atoms with Gasteiger partial charge in [-0.05, 0) is 30.7 Å². The van der Waals surface area contributed by atoms with Crippen molar-refractivity contribution < 1.29 is 19.0 Å². The van der Waals surface area contributed by atoms with Crippen LogP contribution in [-0.2, 0) is 11.2 Å². The smallest absolute Gasteiger partial charge is 0.227 e. The molecule has 0 radical (unpaired) electrons. The lowest BCUT2D eigenvalue weighted by Gasteiger charge is -2.19. The Bertz CT molecular complexity index is 677. The van der Waals surface area contributed by atoms with Crippen LogP contribution in [0.15, 0.2) is 42.5 Å². The molecule has 2 aromatic rings. The van der Waals surface area contributed by atoms with Gasteiger partial charge in [0.2, 0.25) is 5.91 Å². The average Bonchev–Trinajstić information content (AvgIpc) is 2.64. The largest absolute Gasteiger partial charge is 0.497 e. The standard InChI is InChI=1S/C19H23NO4/c1-20(14-7-5-8-15(13-14)22-2)19(21)12-11-16-17(23-3)9-6-10-18(16)24-4/h5-10,13H,11-12H2,1-4H3. The molecule has 0 fully saturated rings. The maximum absolute atomic E-state index is 12.5. The Hall–Kier alpha value is -2.69. The number of methoxy groups -OCH3 is 3. The van der Waals surface area contributed by atoms with Crippen LogP contribution in [0.3, 0.4) is 0 Å². The van der Waals surface area contributed by atoms with Crippen LogP contribution in [0.4, 0.5) is 5.69 Å². The molecule has 2 rings (SSSR count). The molecule has 0 unspecified atom stereocenters. The highest BCUT2D eigenvalue weighted by atomic mass is 16.5. The number of nitrogens with zero attached hydrogens (tertiary/aromatic N) is 1. The molecule has 1 amide bonds. The summed E-state index contributed by atoms with van der Waals surface area (Å²) in [6.07, 6.45) is 0.894. The molecular weight excluding hydrogens is 306 g/mol. The monoisotopic (exact) mass is 329 g/mol. The van der Waals surface area contributed by atoms with Gasteiger partial charge in [0.1, 0.15) is 17.2 Å². The van der Waals surface area contributed by atoms with Gasteiger partial charge in [-0.1, -0.05) is 12.1 Å². The van der Waals surface area contributed by atoms with Crippen molar-refractivity contribution in [3.8, 4) is 17.2 Å². The molecule has 128 valence electrons. The first kappa shape index (κ1) is 17.7. The van der Waals surface area contributed by atoms with Crippen LogP contribution in [0.25, 0.3) is 0 Å². The Balaban J connectivity index is 2.10. The molecule has 0 aliphatic heterocycles. The number of hydrogen-bond acceptors (Lipinski definition) is 4. The molecule has 0 aliphatic carbocycles. The summed E-state index contributed by atoms with van der Waals surface area (Å²) in [6, 6.07) is 13.0. The SMILES string of the molecule is COc1cccc(N(C)C(=O)CCc2c(OC)cccc2OC)c1. The molecule has 0 bridgehead atoms. The van der Waals surface area contributed by atoms with Gasteiger partial charge in [-0.25, -0.2) is 0 Å². The highest BCUT2D eigenvalue weighted by Gasteiger charge is 2.15. The number of hydrogen-bond donors (Lipinski definition) is 0. The first-order chi connectivity index (χ1) is 11.6. The van der Waals surface area contributed by atoms with E-state index in [1.807, 2.05) is 42.5 Å². The summed E-state index contributed by atoms with van der Waals surface area (Å²) in [5.41, 5.74) is 1.70. The minimum atomic E-state index is 0.0104. The summed E-state index contributed by atoms with van der Waals surface area (Å²) < 4.78 is 16.0. The third kappa shape index (κ3) is 3.98. The Kier molecular flexibility index (Phi) is 6.07. The number of benzene rings is 2. The van der Waals surface area contributed by atoms with Crippen LogP contribution in [-0.4, -0.2) is 34.3 Å². The number of anilines is 1. The first-order valence-electron chi connectivity index (χ1n) is 7.71. The molecule has 2 aromatic carbocycles. The van der Waals surface area contributed by atoms with Crippen molar-refractivity contribution in [2.45, 2.75) is 12.8 Å². The predicted octanol–water partition coefficient (Wildman–Crippen LogP) is 3.31. The molecule has 5 heteroatoms. The lowest BCUT2D eigenvalue weighted by atomic mass is 10.1. The van der Waals surface area contributed by atoms with Crippen molar-refractivity contribution in [2.75, 3.05) is 33.3 Å². The normalized spacial score (nSPS) is 10.2. The molecule has 0 saturated heterocycles. The molecule has 0 aliphatic rings. The lowest BCUT2D eigenvalue weighted by Crippen LogP contribution is -2.26. The van der Waals surface area contributed by atoms with Crippen molar-refractivity contribution in [3.05, 3.63) is 48.0 Å². The van der Waals surface area contributed by atoms with Gasteiger partial charge < -0.3 is 19.1 Å². The van der Waals surface area contributed by atoms with Crippen LogP contribution in [0.2, 0.25) is 0 Å². The molecule has 0 spiro atoms. The Morgan fingerprint density at radius 3 is 2.17 bits per heavy atom. The second-order valence-electron chi connectivity index (χ2n) is 5.30. The average molecular weight is 329 g/mol. The molecular formula is C19H23NO4. The number of ether oxygens (including phenoxy) is 3. The molecule has 0 aromatic heterocycles. The molecule has 0 atom stereocenters. The highest BCUT2D eigenvalue weighted by molar-refractivity contribution is 5.93. The predicted molar refractivity (Wildman–Crippen MR) is 94.3 cm³/mol. The fourth-order valence-corrected chi connectivity index (χ4v) is 2.54. The third-order valence-electron chi connectivity index (χ3n) is 3.93. The zero-order valence-electron chi connectivity index (χ0n) is 14.5. The van der Waals surface area contributed by atoms with Gasteiger partial charge in [0.05, 0.1) is 21.3 Å². The Morgan fingerprint density at radius 2 is 1.58 bits per heavy atom. The van der Waals surface area contributed by atoms with Gasteiger partial charge in [0.15, 0.2) is 0 Å². The minimum Gasteiger partial charge on any atom is -0.497 e. The van der Waals surface area contributed by atoms with E-state index in [9.17, 15) is 4.79 Å². The van der Waals surface area contributed by atoms with E-state index in [1.54, 1.807) is 33.3 Å². The minimum absolute atomic E-state index is 0.0104. The van der Waals surface area contributed by atoms with Crippen molar-refractivity contribution in [2.24, 2.45) is 0 Å². The number of rotatable bonds is 7. The van der Waals surface area contributed by atoms with Crippen LogP contribution in [0, 0.1) is 0 Å². The zero-order chi connectivity index (χ0) is 17.5. The lowest BCUT2D eigenvalue weighted by molar-refractivity contribution is -0.118. The quantitative estimate of drug-likeness (QED) is 0.782. The number of amides is 1. The van der Waals surface area contributed by atoms with E-state index < -0.39 is 0 Å². The fraction of sp³-hybridized carbons (Fsp3) is 0.316. The van der Waals surface area contributed by atoms with Crippen molar-refractivity contribution in [1.29, 1.82) is 0 Å². The van der Waals surface area contributed by atoms with Gasteiger partial charge in [-0.2, -0.15) is 0 Å². The van der Waals surface area contributed by atoms with Crippen molar-refractivity contribution in [1.82, 2.24) is 0 Å². The topological polar surface area (TPSA) is 48.0 Å². The van der Waals surface area contributed by atoms with E-state index in [0.717, 1.165) is 28.5 Å². The van der Waals surface area contributed by atoms with Gasteiger partial charge >= 0.3 is 0 Å². The van der Waals surface area contributed by atoms with Gasteiger partial charge in [0.25, 0.3) is 0 Å². The molecule has 0 N–H and O–H groups in total. The number of carbonyl (C=O) groups is 1. The third-order valence-corrected chi connectivity index (χ3v) is 3.93. The Labute approximate surface area is 142 Å². The highest BCUT2D eigenvalue weighted by Crippen LogP contribution is 2.30. The summed E-state index contributed by atoms with van der Waals surface area (Å²) in [5.74, 6) is 2.19. The molecule has 5 nitrogen and oxygen atoms in total. The zero-order valence-corrected chi connectivity index (χ0v) is 14.5. The van der Waals surface area contributed by atoms with E-state index in [0.29, 0.717) is 12.8 Å². The second kappa shape index (κ2) is 8.24. The van der Waals surface area contributed by atoms with E-state index in [-0.39, 0.29) is 5.91 Å². The van der Waals surface area contributed by atoms with E-state index in [2.05, 4.69) is 0 Å².